The topological polar surface area (TPSA) is 35.2 Å². The fourth-order valence-corrected chi connectivity index (χ4v) is 3.04. The second kappa shape index (κ2) is 5.75. The summed E-state index contributed by atoms with van der Waals surface area (Å²) in [6, 6.07) is 8.35. The number of methoxy groups -OCH3 is 1. The molecule has 2 heteroatoms. The summed E-state index contributed by atoms with van der Waals surface area (Å²) in [5, 5.41) is 0. The predicted molar refractivity (Wildman–Crippen MR) is 75.6 cm³/mol. The highest BCUT2D eigenvalue weighted by Gasteiger charge is 2.29. The van der Waals surface area contributed by atoms with Crippen molar-refractivity contribution in [2.24, 2.45) is 23.5 Å². The molecule has 0 saturated heterocycles. The summed E-state index contributed by atoms with van der Waals surface area (Å²) in [7, 11) is 1.70. The van der Waals surface area contributed by atoms with Gasteiger partial charge in [-0.3, -0.25) is 0 Å². The maximum atomic E-state index is 6.45. The van der Waals surface area contributed by atoms with Gasteiger partial charge in [0, 0.05) is 6.04 Å². The monoisotopic (exact) mass is 247 g/mol. The molecule has 2 nitrogen and oxygen atoms in total. The van der Waals surface area contributed by atoms with E-state index >= 15 is 0 Å². The third kappa shape index (κ3) is 2.86. The summed E-state index contributed by atoms with van der Waals surface area (Å²) in [6.45, 7) is 4.72. The molecule has 2 rings (SSSR count). The van der Waals surface area contributed by atoms with E-state index in [1.54, 1.807) is 7.11 Å². The van der Waals surface area contributed by atoms with Crippen molar-refractivity contribution < 1.29 is 4.74 Å². The largest absolute Gasteiger partial charge is 0.497 e. The Morgan fingerprint density at radius 2 is 2.00 bits per heavy atom. The van der Waals surface area contributed by atoms with Gasteiger partial charge < -0.3 is 10.5 Å². The van der Waals surface area contributed by atoms with Crippen LogP contribution in [0.3, 0.4) is 0 Å². The number of nitrogens with two attached hydrogens (primary N) is 1. The lowest BCUT2D eigenvalue weighted by molar-refractivity contribution is 0.186. The molecule has 100 valence electrons. The molecule has 0 aromatic heterocycles. The van der Waals surface area contributed by atoms with E-state index in [9.17, 15) is 0 Å². The molecule has 4 unspecified atom stereocenters. The van der Waals surface area contributed by atoms with Crippen molar-refractivity contribution in [3.05, 3.63) is 29.8 Å². The van der Waals surface area contributed by atoms with E-state index in [0.717, 1.165) is 17.6 Å². The van der Waals surface area contributed by atoms with Gasteiger partial charge in [-0.1, -0.05) is 32.4 Å². The van der Waals surface area contributed by atoms with Crippen molar-refractivity contribution in [1.82, 2.24) is 0 Å². The molecule has 0 aliphatic heterocycles. The summed E-state index contributed by atoms with van der Waals surface area (Å²) in [4.78, 5) is 0. The van der Waals surface area contributed by atoms with Gasteiger partial charge in [0.2, 0.25) is 0 Å². The molecule has 0 spiro atoms. The highest BCUT2D eigenvalue weighted by atomic mass is 16.5. The Morgan fingerprint density at radius 1 is 1.22 bits per heavy atom. The van der Waals surface area contributed by atoms with Crippen molar-refractivity contribution in [3.63, 3.8) is 0 Å². The van der Waals surface area contributed by atoms with E-state index in [1.807, 2.05) is 12.1 Å². The molecule has 0 amide bonds. The van der Waals surface area contributed by atoms with Crippen molar-refractivity contribution in [3.8, 4) is 5.75 Å². The van der Waals surface area contributed by atoms with E-state index in [1.165, 1.54) is 24.8 Å². The average molecular weight is 247 g/mol. The Morgan fingerprint density at radius 3 is 2.67 bits per heavy atom. The molecule has 1 fully saturated rings. The lowest BCUT2D eigenvalue weighted by atomic mass is 9.72. The summed E-state index contributed by atoms with van der Waals surface area (Å²) in [5.74, 6) is 3.16. The normalized spacial score (nSPS) is 29.9. The maximum Gasteiger partial charge on any atom is 0.119 e. The molecule has 0 radical (unpaired) electrons. The number of benzene rings is 1. The van der Waals surface area contributed by atoms with Crippen LogP contribution in [-0.2, 0) is 0 Å². The Balaban J connectivity index is 2.08. The highest BCUT2D eigenvalue weighted by molar-refractivity contribution is 5.30. The van der Waals surface area contributed by atoms with Crippen LogP contribution in [0.15, 0.2) is 24.3 Å². The minimum atomic E-state index is 0.148. The number of hydrogen-bond acceptors (Lipinski definition) is 2. The van der Waals surface area contributed by atoms with Crippen molar-refractivity contribution in [2.45, 2.75) is 39.2 Å². The highest BCUT2D eigenvalue weighted by Crippen LogP contribution is 2.39. The van der Waals surface area contributed by atoms with E-state index in [2.05, 4.69) is 26.0 Å². The van der Waals surface area contributed by atoms with Gasteiger partial charge in [-0.05, 0) is 48.3 Å². The molecule has 0 bridgehead atoms. The SMILES string of the molecule is COc1cccc(C(N)C2CCC(C)C(C)C2)c1. The van der Waals surface area contributed by atoms with Crippen LogP contribution in [0.1, 0.15) is 44.7 Å². The standard InChI is InChI=1S/C16H25NO/c1-11-7-8-14(9-12(11)2)16(17)13-5-4-6-15(10-13)18-3/h4-6,10-12,14,16H,7-9,17H2,1-3H3. The zero-order chi connectivity index (χ0) is 13.1. The minimum absolute atomic E-state index is 0.148. The molecule has 1 aliphatic carbocycles. The van der Waals surface area contributed by atoms with Crippen LogP contribution in [0, 0.1) is 17.8 Å². The van der Waals surface area contributed by atoms with Crippen LogP contribution in [0.4, 0.5) is 0 Å². The zero-order valence-corrected chi connectivity index (χ0v) is 11.7. The fraction of sp³-hybridized carbons (Fsp3) is 0.625. The summed E-state index contributed by atoms with van der Waals surface area (Å²) >= 11 is 0. The Kier molecular flexibility index (Phi) is 4.28. The lowest BCUT2D eigenvalue weighted by Crippen LogP contribution is -2.29. The molecule has 18 heavy (non-hydrogen) atoms. The Hall–Kier alpha value is -1.02. The van der Waals surface area contributed by atoms with Crippen LogP contribution in [0.2, 0.25) is 0 Å². The van der Waals surface area contributed by atoms with Gasteiger partial charge in [-0.15, -0.1) is 0 Å². The van der Waals surface area contributed by atoms with E-state index in [4.69, 9.17) is 10.5 Å². The first-order valence-corrected chi connectivity index (χ1v) is 7.01. The first-order valence-electron chi connectivity index (χ1n) is 7.01. The van der Waals surface area contributed by atoms with Crippen LogP contribution in [0.25, 0.3) is 0 Å². The second-order valence-corrected chi connectivity index (χ2v) is 5.83. The van der Waals surface area contributed by atoms with Gasteiger partial charge in [0.15, 0.2) is 0 Å². The molecule has 4 atom stereocenters. The predicted octanol–water partition coefficient (Wildman–Crippen LogP) is 3.77. The molecular formula is C16H25NO. The van der Waals surface area contributed by atoms with Gasteiger partial charge in [-0.25, -0.2) is 0 Å². The molecule has 0 heterocycles. The minimum Gasteiger partial charge on any atom is -0.497 e. The molecule has 1 aromatic carbocycles. The third-order valence-corrected chi connectivity index (χ3v) is 4.63. The fourth-order valence-electron chi connectivity index (χ4n) is 3.04. The van der Waals surface area contributed by atoms with Gasteiger partial charge in [-0.2, -0.15) is 0 Å². The van der Waals surface area contributed by atoms with E-state index in [-0.39, 0.29) is 6.04 Å². The molecule has 1 saturated carbocycles. The van der Waals surface area contributed by atoms with Gasteiger partial charge in [0.05, 0.1) is 7.11 Å². The number of hydrogen-bond donors (Lipinski definition) is 1. The number of rotatable bonds is 3. The summed E-state index contributed by atoms with van der Waals surface area (Å²) in [6.07, 6.45) is 3.81. The summed E-state index contributed by atoms with van der Waals surface area (Å²) in [5.41, 5.74) is 7.65. The maximum absolute atomic E-state index is 6.45. The van der Waals surface area contributed by atoms with E-state index in [0.29, 0.717) is 5.92 Å². The molecule has 1 aromatic rings. The first-order chi connectivity index (χ1) is 8.61. The zero-order valence-electron chi connectivity index (χ0n) is 11.7. The van der Waals surface area contributed by atoms with Crippen LogP contribution < -0.4 is 10.5 Å². The van der Waals surface area contributed by atoms with Gasteiger partial charge in [0.1, 0.15) is 5.75 Å². The average Bonchev–Trinajstić information content (AvgIpc) is 2.41. The number of ether oxygens (including phenoxy) is 1. The van der Waals surface area contributed by atoms with Crippen molar-refractivity contribution in [2.75, 3.05) is 7.11 Å². The Bertz CT molecular complexity index is 390. The molecule has 1 aliphatic rings. The van der Waals surface area contributed by atoms with Crippen LogP contribution in [0.5, 0.6) is 5.75 Å². The van der Waals surface area contributed by atoms with E-state index < -0.39 is 0 Å². The van der Waals surface area contributed by atoms with Crippen molar-refractivity contribution in [1.29, 1.82) is 0 Å². The smallest absolute Gasteiger partial charge is 0.119 e. The molecule has 2 N–H and O–H groups in total. The van der Waals surface area contributed by atoms with Crippen LogP contribution in [-0.4, -0.2) is 7.11 Å². The quantitative estimate of drug-likeness (QED) is 0.882. The Labute approximate surface area is 111 Å². The second-order valence-electron chi connectivity index (χ2n) is 5.83. The van der Waals surface area contributed by atoms with Gasteiger partial charge in [0.25, 0.3) is 0 Å². The first kappa shape index (κ1) is 13.4. The summed E-state index contributed by atoms with van der Waals surface area (Å²) < 4.78 is 5.27. The van der Waals surface area contributed by atoms with Gasteiger partial charge >= 0.3 is 0 Å². The van der Waals surface area contributed by atoms with Crippen molar-refractivity contribution >= 4 is 0 Å². The molecular weight excluding hydrogens is 222 g/mol. The third-order valence-electron chi connectivity index (χ3n) is 4.63. The lowest BCUT2D eigenvalue weighted by Gasteiger charge is -2.35. The van der Waals surface area contributed by atoms with Crippen LogP contribution >= 0.6 is 0 Å².